The number of allylic oxidation sites excluding steroid dienone is 6. The number of hydrogen-bond acceptors (Lipinski definition) is 10. The number of aliphatic hydroxyl groups is 1. The molecule has 0 saturated heterocycles. The fourth-order valence-corrected chi connectivity index (χ4v) is 8.27. The van der Waals surface area contributed by atoms with Gasteiger partial charge in [0.05, 0.1) is 19.8 Å². The van der Waals surface area contributed by atoms with Gasteiger partial charge in [-0.1, -0.05) is 218 Å². The minimum Gasteiger partial charge on any atom is -0.462 e. The lowest BCUT2D eigenvalue weighted by molar-refractivity contribution is -0.161. The Hall–Kier alpha value is -2.30. The normalized spacial score (nSPS) is 13.7. The van der Waals surface area contributed by atoms with E-state index in [0.29, 0.717) is 19.3 Å². The highest BCUT2D eigenvalue weighted by Gasteiger charge is 2.28. The minimum absolute atomic E-state index is 0.166. The molecule has 0 radical (unpaired) electrons. The molecule has 0 aromatic rings. The molecule has 0 bridgehead atoms. The molecule has 0 amide bonds. The van der Waals surface area contributed by atoms with E-state index >= 15 is 0 Å². The number of rotatable bonds is 50. The van der Waals surface area contributed by atoms with Crippen molar-refractivity contribution in [3.8, 4) is 0 Å². The smallest absolute Gasteiger partial charge is 0.462 e. The Morgan fingerprint density at radius 3 is 1.21 bits per heavy atom. The molecule has 0 heterocycles. The average molecular weight is 955 g/mol. The van der Waals surface area contributed by atoms with Gasteiger partial charge in [-0.25, -0.2) is 4.57 Å². The summed E-state index contributed by atoms with van der Waals surface area (Å²) in [7, 11) is -4.74. The monoisotopic (exact) mass is 955 g/mol. The van der Waals surface area contributed by atoms with Crippen LogP contribution in [0.15, 0.2) is 36.5 Å². The molecule has 11 nitrogen and oxygen atoms in total. The van der Waals surface area contributed by atoms with E-state index in [0.717, 1.165) is 77.0 Å². The first kappa shape index (κ1) is 63.7. The number of unbranched alkanes of at least 4 members (excludes halogenated alkanes) is 27. The number of aliphatic hydroxyl groups excluding tert-OH is 1. The quantitative estimate of drug-likeness (QED) is 0.0197. The van der Waals surface area contributed by atoms with Gasteiger partial charge < -0.3 is 24.2 Å². The highest BCUT2D eigenvalue weighted by Crippen LogP contribution is 2.43. The SMILES string of the molecule is CC/C=C\C/C=C\C/C=C\CCCCCC(=O)OCC(COP(=O)(O)OCC(CO)OC(=O)CCCCCCCCCCCCCCC)OC(=O)CCCCCCCCCCCCCCC. The number of ether oxygens (including phenoxy) is 3. The third-order valence-electron chi connectivity index (χ3n) is 11.6. The molecule has 3 atom stereocenters. The predicted octanol–water partition coefficient (Wildman–Crippen LogP) is 15.3. The zero-order chi connectivity index (χ0) is 48.4. The Labute approximate surface area is 403 Å². The first-order valence-corrected chi connectivity index (χ1v) is 28.4. The number of carbonyl (C=O) groups excluding carboxylic acids is 3. The molecule has 66 heavy (non-hydrogen) atoms. The van der Waals surface area contributed by atoms with Gasteiger partial charge in [0.15, 0.2) is 6.10 Å². The summed E-state index contributed by atoms with van der Waals surface area (Å²) >= 11 is 0. The first-order valence-electron chi connectivity index (χ1n) is 26.9. The number of esters is 3. The van der Waals surface area contributed by atoms with E-state index in [2.05, 4.69) is 57.2 Å². The van der Waals surface area contributed by atoms with Crippen LogP contribution in [0.25, 0.3) is 0 Å². The van der Waals surface area contributed by atoms with Crippen molar-refractivity contribution in [2.45, 2.75) is 264 Å². The fraction of sp³-hybridized carbons (Fsp3) is 0.833. The summed E-state index contributed by atoms with van der Waals surface area (Å²) in [5.41, 5.74) is 0. The van der Waals surface area contributed by atoms with Crippen LogP contribution in [0, 0.1) is 0 Å². The number of phosphoric ester groups is 1. The van der Waals surface area contributed by atoms with Crippen molar-refractivity contribution in [3.63, 3.8) is 0 Å². The second-order valence-corrected chi connectivity index (χ2v) is 19.5. The Kier molecular flexibility index (Phi) is 47.4. The van der Waals surface area contributed by atoms with E-state index in [1.807, 2.05) is 0 Å². The molecule has 0 aromatic carbocycles. The predicted molar refractivity (Wildman–Crippen MR) is 270 cm³/mol. The maximum absolute atomic E-state index is 12.8. The standard InChI is InChI=1S/C54H99O11P/c1-4-7-10-13-16-19-22-25-28-31-34-37-40-43-52(56)61-47-51(65-54(58)45-42-39-36-33-30-27-24-21-18-15-12-9-6-3)49-63-66(59,60)62-48-50(46-55)64-53(57)44-41-38-35-32-29-26-23-20-17-14-11-8-5-2/h7,10,16,19,25,28,50-51,55H,4-6,8-9,11-15,17-18,20-24,26-27,29-49H2,1-3H3,(H,59,60)/b10-7-,19-16-,28-25-. The number of carbonyl (C=O) groups is 3. The maximum atomic E-state index is 12.8. The molecular weight excluding hydrogens is 856 g/mol. The Morgan fingerprint density at radius 2 is 0.788 bits per heavy atom. The second-order valence-electron chi connectivity index (χ2n) is 18.0. The van der Waals surface area contributed by atoms with Gasteiger partial charge in [-0.2, -0.15) is 0 Å². The van der Waals surface area contributed by atoms with Crippen molar-refractivity contribution in [1.82, 2.24) is 0 Å². The fourth-order valence-electron chi connectivity index (χ4n) is 7.49. The van der Waals surface area contributed by atoms with E-state index in [1.165, 1.54) is 116 Å². The van der Waals surface area contributed by atoms with Crippen LogP contribution in [0.5, 0.6) is 0 Å². The van der Waals surface area contributed by atoms with Gasteiger partial charge in [-0.05, 0) is 51.4 Å². The lowest BCUT2D eigenvalue weighted by atomic mass is 10.0. The van der Waals surface area contributed by atoms with Crippen LogP contribution in [0.4, 0.5) is 0 Å². The molecule has 0 spiro atoms. The molecule has 0 aliphatic heterocycles. The first-order chi connectivity index (χ1) is 32.2. The Bertz CT molecular complexity index is 1250. The van der Waals surface area contributed by atoms with Gasteiger partial charge in [0.1, 0.15) is 12.7 Å². The van der Waals surface area contributed by atoms with Crippen LogP contribution in [-0.4, -0.2) is 66.5 Å². The summed E-state index contributed by atoms with van der Waals surface area (Å²) in [6.45, 7) is 4.51. The molecule has 2 N–H and O–H groups in total. The van der Waals surface area contributed by atoms with E-state index < -0.39 is 57.8 Å². The maximum Gasteiger partial charge on any atom is 0.472 e. The van der Waals surface area contributed by atoms with Crippen LogP contribution >= 0.6 is 7.82 Å². The van der Waals surface area contributed by atoms with Crippen molar-refractivity contribution in [1.29, 1.82) is 0 Å². The van der Waals surface area contributed by atoms with E-state index in [1.54, 1.807) is 0 Å². The van der Waals surface area contributed by atoms with Crippen molar-refractivity contribution >= 4 is 25.7 Å². The molecule has 0 rings (SSSR count). The Morgan fingerprint density at radius 1 is 0.439 bits per heavy atom. The number of hydrogen-bond donors (Lipinski definition) is 2. The highest BCUT2D eigenvalue weighted by molar-refractivity contribution is 7.47. The summed E-state index contributed by atoms with van der Waals surface area (Å²) in [5.74, 6) is -1.48. The topological polar surface area (TPSA) is 155 Å². The molecule has 12 heteroatoms. The summed E-state index contributed by atoms with van der Waals surface area (Å²) < 4.78 is 39.4. The molecule has 0 aliphatic rings. The van der Waals surface area contributed by atoms with Gasteiger partial charge in [-0.3, -0.25) is 23.4 Å². The molecule has 0 aliphatic carbocycles. The molecule has 386 valence electrons. The summed E-state index contributed by atoms with van der Waals surface area (Å²) in [5, 5.41) is 9.78. The molecule has 0 fully saturated rings. The summed E-state index contributed by atoms with van der Waals surface area (Å²) in [4.78, 5) is 48.3. The van der Waals surface area contributed by atoms with Crippen LogP contribution in [-0.2, 0) is 42.2 Å². The zero-order valence-corrected chi connectivity index (χ0v) is 43.3. The zero-order valence-electron chi connectivity index (χ0n) is 42.4. The average Bonchev–Trinajstić information content (AvgIpc) is 3.30. The molecule has 3 unspecified atom stereocenters. The van der Waals surface area contributed by atoms with Gasteiger partial charge in [0, 0.05) is 19.3 Å². The van der Waals surface area contributed by atoms with Crippen LogP contribution in [0.3, 0.4) is 0 Å². The lowest BCUT2D eigenvalue weighted by Crippen LogP contribution is -2.30. The van der Waals surface area contributed by atoms with Crippen LogP contribution in [0.2, 0.25) is 0 Å². The van der Waals surface area contributed by atoms with E-state index in [4.69, 9.17) is 23.3 Å². The highest BCUT2D eigenvalue weighted by atomic mass is 31.2. The van der Waals surface area contributed by atoms with Crippen molar-refractivity contribution in [3.05, 3.63) is 36.5 Å². The van der Waals surface area contributed by atoms with Gasteiger partial charge in [0.2, 0.25) is 0 Å². The van der Waals surface area contributed by atoms with Gasteiger partial charge in [-0.15, -0.1) is 0 Å². The third-order valence-corrected chi connectivity index (χ3v) is 12.5. The molecular formula is C54H99O11P. The van der Waals surface area contributed by atoms with Gasteiger partial charge in [0.25, 0.3) is 0 Å². The third kappa shape index (κ3) is 46.8. The van der Waals surface area contributed by atoms with Crippen LogP contribution < -0.4 is 0 Å². The lowest BCUT2D eigenvalue weighted by Gasteiger charge is -2.21. The second kappa shape index (κ2) is 49.1. The Balaban J connectivity index is 4.73. The summed E-state index contributed by atoms with van der Waals surface area (Å²) in [6, 6.07) is 0. The number of phosphoric acid groups is 1. The largest absolute Gasteiger partial charge is 0.472 e. The van der Waals surface area contributed by atoms with Crippen LogP contribution in [0.1, 0.15) is 252 Å². The molecule has 0 saturated carbocycles. The van der Waals surface area contributed by atoms with Gasteiger partial charge >= 0.3 is 25.7 Å². The van der Waals surface area contributed by atoms with E-state index in [-0.39, 0.29) is 25.9 Å². The van der Waals surface area contributed by atoms with E-state index in [9.17, 15) is 28.9 Å². The molecule has 0 aromatic heterocycles. The minimum atomic E-state index is -4.74. The summed E-state index contributed by atoms with van der Waals surface area (Å²) in [6.07, 6.45) is 48.2. The van der Waals surface area contributed by atoms with Crippen molar-refractivity contribution in [2.75, 3.05) is 26.4 Å². The van der Waals surface area contributed by atoms with Crippen molar-refractivity contribution in [2.24, 2.45) is 0 Å². The van der Waals surface area contributed by atoms with Crippen molar-refractivity contribution < 1.29 is 52.2 Å².